The fourth-order valence-corrected chi connectivity index (χ4v) is 1.66. The summed E-state index contributed by atoms with van der Waals surface area (Å²) in [5, 5.41) is 2.59. The van der Waals surface area contributed by atoms with E-state index in [1.165, 1.54) is 0 Å². The first-order chi connectivity index (χ1) is 8.54. The van der Waals surface area contributed by atoms with Crippen LogP contribution in [0.3, 0.4) is 0 Å². The minimum absolute atomic E-state index is 0.0333. The van der Waals surface area contributed by atoms with Crippen molar-refractivity contribution in [1.29, 1.82) is 0 Å². The van der Waals surface area contributed by atoms with Crippen molar-refractivity contribution in [3.05, 3.63) is 29.3 Å². The number of hydrogen-bond donors (Lipinski definition) is 2. The molecule has 0 saturated carbocycles. The zero-order valence-electron chi connectivity index (χ0n) is 11.3. The Kier molecular flexibility index (Phi) is 5.65. The van der Waals surface area contributed by atoms with E-state index in [0.29, 0.717) is 19.4 Å². The highest BCUT2D eigenvalue weighted by molar-refractivity contribution is 5.75. The second kappa shape index (κ2) is 7.01. The van der Waals surface area contributed by atoms with Crippen LogP contribution in [0.5, 0.6) is 5.75 Å². The molecule has 0 aromatic heterocycles. The van der Waals surface area contributed by atoms with Crippen LogP contribution in [0.25, 0.3) is 0 Å². The van der Waals surface area contributed by atoms with Gasteiger partial charge in [0.05, 0.1) is 6.61 Å². The Balaban J connectivity index is 2.45. The third-order valence-electron chi connectivity index (χ3n) is 2.81. The lowest BCUT2D eigenvalue weighted by Gasteiger charge is -2.12. The molecule has 0 radical (unpaired) electrons. The number of hydrogen-bond acceptors (Lipinski definition) is 3. The number of nitrogens with two attached hydrogens (primary N) is 1. The zero-order valence-corrected chi connectivity index (χ0v) is 11.3. The minimum Gasteiger partial charge on any atom is -0.493 e. The van der Waals surface area contributed by atoms with Crippen LogP contribution in [-0.4, -0.2) is 19.6 Å². The summed E-state index contributed by atoms with van der Waals surface area (Å²) in [7, 11) is 1.64. The second-order valence-electron chi connectivity index (χ2n) is 4.44. The van der Waals surface area contributed by atoms with Gasteiger partial charge in [0.25, 0.3) is 0 Å². The SMILES string of the molecule is CNC(=O)CCCOc1ccc(C(C)N)cc1C. The van der Waals surface area contributed by atoms with Gasteiger partial charge in [0.1, 0.15) is 5.75 Å². The normalized spacial score (nSPS) is 12.0. The summed E-state index contributed by atoms with van der Waals surface area (Å²) in [6, 6.07) is 5.99. The van der Waals surface area contributed by atoms with Gasteiger partial charge in [0.2, 0.25) is 5.91 Å². The topological polar surface area (TPSA) is 64.3 Å². The molecule has 0 saturated heterocycles. The largest absolute Gasteiger partial charge is 0.493 e. The molecule has 4 heteroatoms. The highest BCUT2D eigenvalue weighted by Gasteiger charge is 2.04. The maximum Gasteiger partial charge on any atom is 0.219 e. The van der Waals surface area contributed by atoms with Gasteiger partial charge in [-0.25, -0.2) is 0 Å². The number of benzene rings is 1. The molecule has 1 aromatic carbocycles. The van der Waals surface area contributed by atoms with Crippen LogP contribution >= 0.6 is 0 Å². The van der Waals surface area contributed by atoms with Gasteiger partial charge in [0.15, 0.2) is 0 Å². The molecular formula is C14H22N2O2. The van der Waals surface area contributed by atoms with Crippen molar-refractivity contribution < 1.29 is 9.53 Å². The maximum absolute atomic E-state index is 11.0. The highest BCUT2D eigenvalue weighted by atomic mass is 16.5. The Bertz CT molecular complexity index is 403. The van der Waals surface area contributed by atoms with E-state index >= 15 is 0 Å². The van der Waals surface area contributed by atoms with Crippen molar-refractivity contribution in [2.45, 2.75) is 32.7 Å². The standard InChI is InChI=1S/C14H22N2O2/c1-10-9-12(11(2)15)6-7-13(10)18-8-4-5-14(17)16-3/h6-7,9,11H,4-5,8,15H2,1-3H3,(H,16,17). The first-order valence-corrected chi connectivity index (χ1v) is 6.24. The van der Waals surface area contributed by atoms with Gasteiger partial charge >= 0.3 is 0 Å². The first kappa shape index (κ1) is 14.5. The van der Waals surface area contributed by atoms with Gasteiger partial charge in [-0.2, -0.15) is 0 Å². The lowest BCUT2D eigenvalue weighted by molar-refractivity contribution is -0.120. The Labute approximate surface area is 109 Å². The van der Waals surface area contributed by atoms with E-state index in [0.717, 1.165) is 16.9 Å². The average Bonchev–Trinajstić information content (AvgIpc) is 2.35. The Morgan fingerprint density at radius 1 is 1.50 bits per heavy atom. The number of aryl methyl sites for hydroxylation is 1. The molecule has 0 spiro atoms. The van der Waals surface area contributed by atoms with Crippen molar-refractivity contribution in [2.24, 2.45) is 5.73 Å². The van der Waals surface area contributed by atoms with Crippen molar-refractivity contribution in [2.75, 3.05) is 13.7 Å². The molecule has 100 valence electrons. The molecule has 18 heavy (non-hydrogen) atoms. The fraction of sp³-hybridized carbons (Fsp3) is 0.500. The lowest BCUT2D eigenvalue weighted by Crippen LogP contribution is -2.18. The molecule has 0 fully saturated rings. The maximum atomic E-state index is 11.0. The molecule has 1 unspecified atom stereocenters. The lowest BCUT2D eigenvalue weighted by atomic mass is 10.1. The van der Waals surface area contributed by atoms with E-state index in [1.807, 2.05) is 32.0 Å². The molecule has 0 aliphatic heterocycles. The number of nitrogens with one attached hydrogen (secondary N) is 1. The quantitative estimate of drug-likeness (QED) is 0.758. The van der Waals surface area contributed by atoms with E-state index in [1.54, 1.807) is 7.05 Å². The van der Waals surface area contributed by atoms with E-state index < -0.39 is 0 Å². The Morgan fingerprint density at radius 3 is 2.78 bits per heavy atom. The summed E-state index contributed by atoms with van der Waals surface area (Å²) >= 11 is 0. The molecule has 1 amide bonds. The van der Waals surface area contributed by atoms with Crippen LogP contribution in [0.1, 0.15) is 36.9 Å². The van der Waals surface area contributed by atoms with Crippen LogP contribution in [0, 0.1) is 6.92 Å². The minimum atomic E-state index is 0.0333. The molecule has 3 N–H and O–H groups in total. The van der Waals surface area contributed by atoms with Crippen LogP contribution in [0.4, 0.5) is 0 Å². The molecule has 0 bridgehead atoms. The second-order valence-corrected chi connectivity index (χ2v) is 4.44. The molecule has 1 rings (SSSR count). The monoisotopic (exact) mass is 250 g/mol. The number of rotatable bonds is 6. The highest BCUT2D eigenvalue weighted by Crippen LogP contribution is 2.22. The van der Waals surface area contributed by atoms with Crippen molar-refractivity contribution in [3.63, 3.8) is 0 Å². The molecule has 4 nitrogen and oxygen atoms in total. The van der Waals surface area contributed by atoms with Gasteiger partial charge in [-0.1, -0.05) is 12.1 Å². The smallest absolute Gasteiger partial charge is 0.219 e. The fourth-order valence-electron chi connectivity index (χ4n) is 1.66. The van der Waals surface area contributed by atoms with E-state index in [9.17, 15) is 4.79 Å². The molecule has 0 heterocycles. The van der Waals surface area contributed by atoms with Gasteiger partial charge < -0.3 is 15.8 Å². The Hall–Kier alpha value is -1.55. The molecule has 1 atom stereocenters. The van der Waals surface area contributed by atoms with Crippen molar-refractivity contribution >= 4 is 5.91 Å². The van der Waals surface area contributed by atoms with Crippen LogP contribution in [-0.2, 0) is 4.79 Å². The number of carbonyl (C=O) groups excluding carboxylic acids is 1. The van der Waals surface area contributed by atoms with Crippen LogP contribution in [0.15, 0.2) is 18.2 Å². The number of amides is 1. The summed E-state index contributed by atoms with van der Waals surface area (Å²) in [5.74, 6) is 0.902. The van der Waals surface area contributed by atoms with E-state index in [-0.39, 0.29) is 11.9 Å². The van der Waals surface area contributed by atoms with Gasteiger partial charge in [-0.05, 0) is 37.5 Å². The number of ether oxygens (including phenoxy) is 1. The summed E-state index contributed by atoms with van der Waals surface area (Å²) in [4.78, 5) is 11.0. The van der Waals surface area contributed by atoms with Crippen LogP contribution in [0.2, 0.25) is 0 Å². The molecule has 1 aromatic rings. The molecular weight excluding hydrogens is 228 g/mol. The third kappa shape index (κ3) is 4.37. The summed E-state index contributed by atoms with van der Waals surface area (Å²) < 4.78 is 5.65. The van der Waals surface area contributed by atoms with E-state index in [4.69, 9.17) is 10.5 Å². The molecule has 0 aliphatic rings. The summed E-state index contributed by atoms with van der Waals surface area (Å²) in [5.41, 5.74) is 7.99. The predicted molar refractivity (Wildman–Crippen MR) is 72.6 cm³/mol. The first-order valence-electron chi connectivity index (χ1n) is 6.24. The average molecular weight is 250 g/mol. The van der Waals surface area contributed by atoms with Crippen molar-refractivity contribution in [3.8, 4) is 5.75 Å². The van der Waals surface area contributed by atoms with Crippen molar-refractivity contribution in [1.82, 2.24) is 5.32 Å². The molecule has 0 aliphatic carbocycles. The summed E-state index contributed by atoms with van der Waals surface area (Å²) in [6.45, 7) is 4.50. The zero-order chi connectivity index (χ0) is 13.5. The van der Waals surface area contributed by atoms with Gasteiger partial charge in [0, 0.05) is 19.5 Å². The summed E-state index contributed by atoms with van der Waals surface area (Å²) in [6.07, 6.45) is 1.21. The van der Waals surface area contributed by atoms with E-state index in [2.05, 4.69) is 5.32 Å². The third-order valence-corrected chi connectivity index (χ3v) is 2.81. The Morgan fingerprint density at radius 2 is 2.22 bits per heavy atom. The predicted octanol–water partition coefficient (Wildman–Crippen LogP) is 1.92. The van der Waals surface area contributed by atoms with Gasteiger partial charge in [-0.15, -0.1) is 0 Å². The van der Waals surface area contributed by atoms with Gasteiger partial charge in [-0.3, -0.25) is 4.79 Å². The number of carbonyl (C=O) groups is 1. The van der Waals surface area contributed by atoms with Crippen LogP contribution < -0.4 is 15.8 Å².